The average molecular weight is 212 g/mol. The van der Waals surface area contributed by atoms with Crippen LogP contribution >= 0.6 is 0 Å². The molecule has 0 radical (unpaired) electrons. The van der Waals surface area contributed by atoms with Crippen LogP contribution in [-0.4, -0.2) is 24.5 Å². The lowest BCUT2D eigenvalue weighted by atomic mass is 9.94. The van der Waals surface area contributed by atoms with Crippen LogP contribution in [0.5, 0.6) is 0 Å². The molecule has 3 atom stereocenters. The van der Waals surface area contributed by atoms with Crippen LogP contribution in [0.2, 0.25) is 0 Å². The summed E-state index contributed by atoms with van der Waals surface area (Å²) < 4.78 is 0. The highest BCUT2D eigenvalue weighted by molar-refractivity contribution is 5.79. The van der Waals surface area contributed by atoms with Gasteiger partial charge in [0.05, 0.1) is 5.92 Å². The summed E-state index contributed by atoms with van der Waals surface area (Å²) >= 11 is 0. The molecule has 0 aromatic heterocycles. The minimum Gasteiger partial charge on any atom is -0.353 e. The second-order valence-electron chi connectivity index (χ2n) is 4.78. The van der Waals surface area contributed by atoms with Crippen LogP contribution in [0, 0.1) is 5.92 Å². The van der Waals surface area contributed by atoms with Crippen molar-refractivity contribution in [3.63, 3.8) is 0 Å². The van der Waals surface area contributed by atoms with Crippen LogP contribution in [0.4, 0.5) is 0 Å². The van der Waals surface area contributed by atoms with Gasteiger partial charge in [-0.1, -0.05) is 13.3 Å². The number of rotatable bonds is 4. The molecule has 1 aliphatic heterocycles. The summed E-state index contributed by atoms with van der Waals surface area (Å²) in [6, 6.07) is 0.893. The lowest BCUT2D eigenvalue weighted by Crippen LogP contribution is -2.46. The summed E-state index contributed by atoms with van der Waals surface area (Å²) in [4.78, 5) is 11.8. The molecule has 15 heavy (non-hydrogen) atoms. The normalized spacial score (nSPS) is 28.5. The van der Waals surface area contributed by atoms with Crippen molar-refractivity contribution in [3.05, 3.63) is 0 Å². The maximum absolute atomic E-state index is 11.8. The molecule has 1 heterocycles. The van der Waals surface area contributed by atoms with E-state index in [4.69, 9.17) is 0 Å². The Morgan fingerprint density at radius 2 is 2.27 bits per heavy atom. The molecule has 0 bridgehead atoms. The van der Waals surface area contributed by atoms with Gasteiger partial charge in [-0.05, 0) is 33.1 Å². The number of amides is 1. The highest BCUT2D eigenvalue weighted by atomic mass is 16.1. The summed E-state index contributed by atoms with van der Waals surface area (Å²) in [5, 5.41) is 6.44. The second-order valence-corrected chi connectivity index (χ2v) is 4.78. The van der Waals surface area contributed by atoms with E-state index in [0.29, 0.717) is 12.1 Å². The standard InChI is InChI=1S/C12H24N2O/c1-4-5-10(3)14-12(15)11-7-6-9(2)13-8-11/h9-11,13H,4-8H2,1-3H3,(H,14,15). The van der Waals surface area contributed by atoms with E-state index in [1.54, 1.807) is 0 Å². The zero-order valence-corrected chi connectivity index (χ0v) is 10.2. The fourth-order valence-corrected chi connectivity index (χ4v) is 2.09. The van der Waals surface area contributed by atoms with Crippen LogP contribution in [0.1, 0.15) is 46.5 Å². The molecule has 1 amide bonds. The SMILES string of the molecule is CCCC(C)NC(=O)C1CCC(C)NC1. The van der Waals surface area contributed by atoms with Gasteiger partial charge >= 0.3 is 0 Å². The Hall–Kier alpha value is -0.570. The van der Waals surface area contributed by atoms with Gasteiger partial charge in [-0.25, -0.2) is 0 Å². The summed E-state index contributed by atoms with van der Waals surface area (Å²) in [5.74, 6) is 0.413. The lowest BCUT2D eigenvalue weighted by Gasteiger charge is -2.27. The van der Waals surface area contributed by atoms with Crippen LogP contribution in [0.25, 0.3) is 0 Å². The van der Waals surface area contributed by atoms with Crippen molar-refractivity contribution < 1.29 is 4.79 Å². The fraction of sp³-hybridized carbons (Fsp3) is 0.917. The molecule has 1 rings (SSSR count). The first-order valence-electron chi connectivity index (χ1n) is 6.17. The van der Waals surface area contributed by atoms with Gasteiger partial charge in [-0.3, -0.25) is 4.79 Å². The van der Waals surface area contributed by atoms with E-state index in [1.807, 2.05) is 0 Å². The Morgan fingerprint density at radius 1 is 1.53 bits per heavy atom. The van der Waals surface area contributed by atoms with Gasteiger partial charge in [-0.2, -0.15) is 0 Å². The van der Waals surface area contributed by atoms with Crippen LogP contribution in [0.15, 0.2) is 0 Å². The monoisotopic (exact) mass is 212 g/mol. The van der Waals surface area contributed by atoms with Crippen molar-refractivity contribution in [2.24, 2.45) is 5.92 Å². The van der Waals surface area contributed by atoms with Gasteiger partial charge in [0.2, 0.25) is 5.91 Å². The Bertz CT molecular complexity index is 198. The smallest absolute Gasteiger partial charge is 0.224 e. The molecule has 1 saturated heterocycles. The van der Waals surface area contributed by atoms with E-state index < -0.39 is 0 Å². The number of hydrogen-bond acceptors (Lipinski definition) is 2. The first-order chi connectivity index (χ1) is 7.13. The summed E-state index contributed by atoms with van der Waals surface area (Å²) in [6.07, 6.45) is 4.34. The maximum Gasteiger partial charge on any atom is 0.224 e. The van der Waals surface area contributed by atoms with Gasteiger partial charge in [-0.15, -0.1) is 0 Å². The Kier molecular flexibility index (Phi) is 5.09. The van der Waals surface area contributed by atoms with Gasteiger partial charge in [0, 0.05) is 18.6 Å². The first kappa shape index (κ1) is 12.5. The third-order valence-electron chi connectivity index (χ3n) is 3.14. The molecule has 3 nitrogen and oxygen atoms in total. The quantitative estimate of drug-likeness (QED) is 0.744. The van der Waals surface area contributed by atoms with Gasteiger partial charge in [0.1, 0.15) is 0 Å². The molecule has 0 aromatic carbocycles. The van der Waals surface area contributed by atoms with Crippen molar-refractivity contribution >= 4 is 5.91 Å². The molecule has 0 aliphatic carbocycles. The summed E-state index contributed by atoms with van der Waals surface area (Å²) in [7, 11) is 0. The van der Waals surface area contributed by atoms with Crippen molar-refractivity contribution in [2.45, 2.75) is 58.5 Å². The molecule has 1 fully saturated rings. The zero-order valence-electron chi connectivity index (χ0n) is 10.2. The molecular formula is C12H24N2O. The highest BCUT2D eigenvalue weighted by Gasteiger charge is 2.24. The Morgan fingerprint density at radius 3 is 2.80 bits per heavy atom. The van der Waals surface area contributed by atoms with E-state index in [9.17, 15) is 4.79 Å². The minimum atomic E-state index is 0.181. The molecule has 3 unspecified atom stereocenters. The number of piperidine rings is 1. The lowest BCUT2D eigenvalue weighted by molar-refractivity contribution is -0.126. The number of carbonyl (C=O) groups is 1. The Balaban J connectivity index is 2.27. The molecule has 1 aliphatic rings. The molecule has 0 spiro atoms. The molecule has 3 heteroatoms. The summed E-state index contributed by atoms with van der Waals surface area (Å²) in [5.41, 5.74) is 0. The molecule has 88 valence electrons. The predicted octanol–water partition coefficient (Wildman–Crippen LogP) is 1.68. The largest absolute Gasteiger partial charge is 0.353 e. The summed E-state index contributed by atoms with van der Waals surface area (Å²) in [6.45, 7) is 7.24. The van der Waals surface area contributed by atoms with E-state index in [0.717, 1.165) is 32.2 Å². The second kappa shape index (κ2) is 6.11. The van der Waals surface area contributed by atoms with Crippen LogP contribution < -0.4 is 10.6 Å². The van der Waals surface area contributed by atoms with Crippen molar-refractivity contribution in [3.8, 4) is 0 Å². The maximum atomic E-state index is 11.8. The zero-order chi connectivity index (χ0) is 11.3. The fourth-order valence-electron chi connectivity index (χ4n) is 2.09. The first-order valence-corrected chi connectivity index (χ1v) is 6.17. The molecular weight excluding hydrogens is 188 g/mol. The number of nitrogens with one attached hydrogen (secondary N) is 2. The number of carbonyl (C=O) groups excluding carboxylic acids is 1. The van der Waals surface area contributed by atoms with Crippen molar-refractivity contribution in [1.82, 2.24) is 10.6 Å². The third kappa shape index (κ3) is 4.20. The topological polar surface area (TPSA) is 41.1 Å². The minimum absolute atomic E-state index is 0.181. The van der Waals surface area contributed by atoms with Crippen LogP contribution in [-0.2, 0) is 4.79 Å². The van der Waals surface area contributed by atoms with Crippen molar-refractivity contribution in [1.29, 1.82) is 0 Å². The average Bonchev–Trinajstić information content (AvgIpc) is 2.18. The van der Waals surface area contributed by atoms with Crippen LogP contribution in [0.3, 0.4) is 0 Å². The Labute approximate surface area is 93.0 Å². The molecule has 0 aromatic rings. The van der Waals surface area contributed by atoms with E-state index in [-0.39, 0.29) is 11.8 Å². The van der Waals surface area contributed by atoms with E-state index in [2.05, 4.69) is 31.4 Å². The number of hydrogen-bond donors (Lipinski definition) is 2. The van der Waals surface area contributed by atoms with E-state index in [1.165, 1.54) is 0 Å². The van der Waals surface area contributed by atoms with Crippen molar-refractivity contribution in [2.75, 3.05) is 6.54 Å². The van der Waals surface area contributed by atoms with E-state index >= 15 is 0 Å². The third-order valence-corrected chi connectivity index (χ3v) is 3.14. The van der Waals surface area contributed by atoms with Gasteiger partial charge in [0.15, 0.2) is 0 Å². The predicted molar refractivity (Wildman–Crippen MR) is 62.7 cm³/mol. The van der Waals surface area contributed by atoms with Gasteiger partial charge in [0.25, 0.3) is 0 Å². The van der Waals surface area contributed by atoms with Gasteiger partial charge < -0.3 is 10.6 Å². The molecule has 2 N–H and O–H groups in total. The molecule has 0 saturated carbocycles. The highest BCUT2D eigenvalue weighted by Crippen LogP contribution is 2.14.